The van der Waals surface area contributed by atoms with Gasteiger partial charge in [-0.3, -0.25) is 0 Å². The zero-order valence-corrected chi connectivity index (χ0v) is 12.2. The molecule has 0 saturated carbocycles. The van der Waals surface area contributed by atoms with Gasteiger partial charge >= 0.3 is 0 Å². The molecule has 1 aliphatic rings. The fraction of sp³-hybridized carbons (Fsp3) is 0.625. The molecule has 1 heterocycles. The van der Waals surface area contributed by atoms with Crippen molar-refractivity contribution in [3.05, 3.63) is 29.8 Å². The van der Waals surface area contributed by atoms with E-state index in [1.807, 2.05) is 12.1 Å². The monoisotopic (exact) mass is 263 g/mol. The Hall–Kier alpha value is -1.06. The van der Waals surface area contributed by atoms with E-state index in [1.54, 1.807) is 7.11 Å². The van der Waals surface area contributed by atoms with Gasteiger partial charge in [0.25, 0.3) is 0 Å². The molecule has 1 N–H and O–H groups in total. The third-order valence-electron chi connectivity index (χ3n) is 3.88. The van der Waals surface area contributed by atoms with Gasteiger partial charge in [-0.05, 0) is 38.8 Å². The van der Waals surface area contributed by atoms with Gasteiger partial charge in [-0.1, -0.05) is 25.1 Å². The topological polar surface area (TPSA) is 30.5 Å². The summed E-state index contributed by atoms with van der Waals surface area (Å²) in [6.45, 7) is 6.25. The fourth-order valence-electron chi connectivity index (χ4n) is 2.85. The van der Waals surface area contributed by atoms with Crippen molar-refractivity contribution in [2.75, 3.05) is 20.3 Å². The minimum absolute atomic E-state index is 0.254. The largest absolute Gasteiger partial charge is 0.496 e. The number of nitrogens with one attached hydrogen (secondary N) is 1. The molecule has 1 aliphatic heterocycles. The van der Waals surface area contributed by atoms with Crippen LogP contribution in [0.4, 0.5) is 0 Å². The number of para-hydroxylation sites is 1. The molecule has 0 amide bonds. The maximum absolute atomic E-state index is 6.08. The lowest BCUT2D eigenvalue weighted by molar-refractivity contribution is -0.0822. The molecule has 106 valence electrons. The van der Waals surface area contributed by atoms with Gasteiger partial charge in [0, 0.05) is 18.2 Å². The zero-order valence-electron chi connectivity index (χ0n) is 12.2. The summed E-state index contributed by atoms with van der Waals surface area (Å²) >= 11 is 0. The number of rotatable bonds is 5. The zero-order chi connectivity index (χ0) is 13.7. The Bertz CT molecular complexity index is 407. The molecule has 1 aromatic rings. The summed E-state index contributed by atoms with van der Waals surface area (Å²) in [6.07, 6.45) is 3.25. The Labute approximate surface area is 116 Å². The smallest absolute Gasteiger partial charge is 0.124 e. The molecule has 0 bridgehead atoms. The van der Waals surface area contributed by atoms with Crippen LogP contribution in [-0.4, -0.2) is 26.3 Å². The molecule has 0 aliphatic carbocycles. The molecular formula is C16H25NO2. The third-order valence-corrected chi connectivity index (χ3v) is 3.88. The van der Waals surface area contributed by atoms with Gasteiger partial charge in [-0.25, -0.2) is 0 Å². The molecule has 2 rings (SSSR count). The highest BCUT2D eigenvalue weighted by molar-refractivity contribution is 5.38. The predicted octanol–water partition coefficient (Wildman–Crippen LogP) is 3.09. The second-order valence-corrected chi connectivity index (χ2v) is 5.42. The van der Waals surface area contributed by atoms with E-state index in [9.17, 15) is 0 Å². The second kappa shape index (κ2) is 6.40. The quantitative estimate of drug-likeness (QED) is 0.885. The maximum atomic E-state index is 6.08. The van der Waals surface area contributed by atoms with Crippen LogP contribution in [0.5, 0.6) is 5.75 Å². The summed E-state index contributed by atoms with van der Waals surface area (Å²) in [5.41, 5.74) is 0.900. The van der Waals surface area contributed by atoms with Gasteiger partial charge in [0.2, 0.25) is 0 Å². The number of hydrogen-bond donors (Lipinski definition) is 1. The minimum Gasteiger partial charge on any atom is -0.496 e. The van der Waals surface area contributed by atoms with Gasteiger partial charge in [-0.15, -0.1) is 0 Å². The Morgan fingerprint density at radius 2 is 2.21 bits per heavy atom. The maximum Gasteiger partial charge on any atom is 0.124 e. The first-order valence-corrected chi connectivity index (χ1v) is 7.20. The van der Waals surface area contributed by atoms with E-state index in [1.165, 1.54) is 6.42 Å². The molecule has 2 atom stereocenters. The van der Waals surface area contributed by atoms with Crippen LogP contribution in [0.3, 0.4) is 0 Å². The van der Waals surface area contributed by atoms with E-state index >= 15 is 0 Å². The standard InChI is InChI=1S/C16H25NO2/c1-4-10-17-13-9-11-19-16(2,12-13)14-7-5-6-8-15(14)18-3/h5-8,13,17H,4,9-12H2,1-3H3. The van der Waals surface area contributed by atoms with Crippen LogP contribution in [0, 0.1) is 0 Å². The second-order valence-electron chi connectivity index (χ2n) is 5.42. The van der Waals surface area contributed by atoms with Crippen molar-refractivity contribution >= 4 is 0 Å². The summed E-state index contributed by atoms with van der Waals surface area (Å²) in [7, 11) is 1.72. The first-order chi connectivity index (χ1) is 9.19. The van der Waals surface area contributed by atoms with Crippen molar-refractivity contribution in [2.45, 2.75) is 44.8 Å². The molecule has 0 spiro atoms. The van der Waals surface area contributed by atoms with E-state index < -0.39 is 0 Å². The predicted molar refractivity (Wildman–Crippen MR) is 77.6 cm³/mol. The summed E-state index contributed by atoms with van der Waals surface area (Å²) in [4.78, 5) is 0. The van der Waals surface area contributed by atoms with Crippen LogP contribution in [-0.2, 0) is 10.3 Å². The number of methoxy groups -OCH3 is 1. The van der Waals surface area contributed by atoms with E-state index in [-0.39, 0.29) is 5.60 Å². The first kappa shape index (κ1) is 14.4. The molecule has 0 aromatic heterocycles. The van der Waals surface area contributed by atoms with Crippen molar-refractivity contribution in [1.82, 2.24) is 5.32 Å². The Morgan fingerprint density at radius 1 is 1.42 bits per heavy atom. The lowest BCUT2D eigenvalue weighted by Gasteiger charge is -2.39. The van der Waals surface area contributed by atoms with Crippen molar-refractivity contribution < 1.29 is 9.47 Å². The van der Waals surface area contributed by atoms with E-state index in [4.69, 9.17) is 9.47 Å². The van der Waals surface area contributed by atoms with E-state index in [0.29, 0.717) is 6.04 Å². The fourth-order valence-corrected chi connectivity index (χ4v) is 2.85. The van der Waals surface area contributed by atoms with Crippen molar-refractivity contribution in [3.63, 3.8) is 0 Å². The summed E-state index contributed by atoms with van der Waals surface area (Å²) in [6, 6.07) is 8.70. The van der Waals surface area contributed by atoms with Gasteiger partial charge in [0.05, 0.1) is 12.7 Å². The van der Waals surface area contributed by atoms with Gasteiger partial charge in [-0.2, -0.15) is 0 Å². The van der Waals surface area contributed by atoms with Crippen LogP contribution in [0.25, 0.3) is 0 Å². The van der Waals surface area contributed by atoms with Crippen LogP contribution in [0.15, 0.2) is 24.3 Å². The van der Waals surface area contributed by atoms with E-state index in [0.717, 1.165) is 37.3 Å². The van der Waals surface area contributed by atoms with Crippen LogP contribution in [0.2, 0.25) is 0 Å². The van der Waals surface area contributed by atoms with Crippen molar-refractivity contribution in [3.8, 4) is 5.75 Å². The van der Waals surface area contributed by atoms with Crippen molar-refractivity contribution in [1.29, 1.82) is 0 Å². The lowest BCUT2D eigenvalue weighted by Crippen LogP contribution is -2.44. The Balaban J connectivity index is 2.16. The molecule has 3 heteroatoms. The van der Waals surface area contributed by atoms with Gasteiger partial charge < -0.3 is 14.8 Å². The van der Waals surface area contributed by atoms with E-state index in [2.05, 4.69) is 31.3 Å². The highest BCUT2D eigenvalue weighted by atomic mass is 16.5. The molecule has 3 nitrogen and oxygen atoms in total. The lowest BCUT2D eigenvalue weighted by atomic mass is 9.85. The Morgan fingerprint density at radius 3 is 2.95 bits per heavy atom. The average Bonchev–Trinajstić information content (AvgIpc) is 2.45. The number of benzene rings is 1. The number of hydrogen-bond acceptors (Lipinski definition) is 3. The summed E-state index contributed by atoms with van der Waals surface area (Å²) < 4.78 is 11.6. The highest BCUT2D eigenvalue weighted by Gasteiger charge is 2.36. The first-order valence-electron chi connectivity index (χ1n) is 7.20. The molecular weight excluding hydrogens is 238 g/mol. The normalized spacial score (nSPS) is 27.2. The molecule has 1 aromatic carbocycles. The summed E-state index contributed by atoms with van der Waals surface area (Å²) in [5.74, 6) is 0.918. The molecule has 1 fully saturated rings. The van der Waals surface area contributed by atoms with Gasteiger partial charge in [0.15, 0.2) is 0 Å². The average molecular weight is 263 g/mol. The van der Waals surface area contributed by atoms with Crippen LogP contribution < -0.4 is 10.1 Å². The molecule has 1 saturated heterocycles. The van der Waals surface area contributed by atoms with Crippen LogP contribution >= 0.6 is 0 Å². The third kappa shape index (κ3) is 3.28. The Kier molecular flexibility index (Phi) is 4.83. The highest BCUT2D eigenvalue weighted by Crippen LogP contribution is 2.39. The summed E-state index contributed by atoms with van der Waals surface area (Å²) in [5, 5.41) is 3.61. The molecule has 0 radical (unpaired) electrons. The molecule has 19 heavy (non-hydrogen) atoms. The van der Waals surface area contributed by atoms with Gasteiger partial charge in [0.1, 0.15) is 5.75 Å². The van der Waals surface area contributed by atoms with Crippen LogP contribution in [0.1, 0.15) is 38.7 Å². The number of ether oxygens (including phenoxy) is 2. The van der Waals surface area contributed by atoms with Crippen molar-refractivity contribution in [2.24, 2.45) is 0 Å². The SMILES string of the molecule is CCCNC1CCOC(C)(c2ccccc2OC)C1. The minimum atomic E-state index is -0.254. The molecule has 2 unspecified atom stereocenters.